The summed E-state index contributed by atoms with van der Waals surface area (Å²) in [5.41, 5.74) is 0.747. The summed E-state index contributed by atoms with van der Waals surface area (Å²) >= 11 is 0. The van der Waals surface area contributed by atoms with Crippen molar-refractivity contribution in [3.8, 4) is 5.75 Å². The lowest BCUT2D eigenvalue weighted by molar-refractivity contribution is 0.0537. The van der Waals surface area contributed by atoms with Gasteiger partial charge in [0.25, 0.3) is 0 Å². The highest BCUT2D eigenvalue weighted by atomic mass is 32.2. The topological polar surface area (TPSA) is 52.6 Å². The molecular formula is C14H19FO4S. The lowest BCUT2D eigenvalue weighted by atomic mass is 10.00. The molecule has 2 rings (SSSR count). The molecule has 0 N–H and O–H groups in total. The average Bonchev–Trinajstić information content (AvgIpc) is 2.42. The maximum atomic E-state index is 13.5. The van der Waals surface area contributed by atoms with Gasteiger partial charge in [0.15, 0.2) is 11.6 Å². The third kappa shape index (κ3) is 4.45. The predicted octanol–water partition coefficient (Wildman–Crippen LogP) is 2.66. The Labute approximate surface area is 119 Å². The molecule has 6 heteroatoms. The second-order valence-electron chi connectivity index (χ2n) is 5.15. The van der Waals surface area contributed by atoms with Gasteiger partial charge in [0.2, 0.25) is 0 Å². The predicted molar refractivity (Wildman–Crippen MR) is 73.7 cm³/mol. The summed E-state index contributed by atoms with van der Waals surface area (Å²) in [7, 11) is -3.77. The molecule has 0 aliphatic carbocycles. The smallest absolute Gasteiger partial charge is 0.309 e. The summed E-state index contributed by atoms with van der Waals surface area (Å²) in [6.45, 7) is 3.08. The van der Waals surface area contributed by atoms with E-state index in [-0.39, 0.29) is 17.4 Å². The van der Waals surface area contributed by atoms with Crippen molar-refractivity contribution in [1.82, 2.24) is 0 Å². The number of aryl methyl sites for hydroxylation is 1. The third-order valence-electron chi connectivity index (χ3n) is 3.33. The van der Waals surface area contributed by atoms with Crippen LogP contribution in [0.4, 0.5) is 4.39 Å². The minimum absolute atomic E-state index is 0.117. The summed E-state index contributed by atoms with van der Waals surface area (Å²) < 4.78 is 47.4. The average molecular weight is 302 g/mol. The number of hydrogen-bond donors (Lipinski definition) is 0. The van der Waals surface area contributed by atoms with Gasteiger partial charge in [0, 0.05) is 13.2 Å². The monoisotopic (exact) mass is 302 g/mol. The Balaban J connectivity index is 1.94. The Hall–Kier alpha value is -1.14. The molecule has 1 aliphatic rings. The standard InChI is InChI=1S/C14H19FO4S/c1-11-4-5-13(15)14(9-11)19-20(16,17)8-6-12-3-2-7-18-10-12/h4-5,9,12H,2-3,6-8,10H2,1H3. The molecule has 1 aromatic carbocycles. The second-order valence-corrected chi connectivity index (χ2v) is 6.84. The van der Waals surface area contributed by atoms with Crippen molar-refractivity contribution < 1.29 is 21.7 Å². The SMILES string of the molecule is Cc1ccc(F)c(OS(=O)(=O)CCC2CCCOC2)c1. The number of halogens is 1. The van der Waals surface area contributed by atoms with Crippen LogP contribution in [0.15, 0.2) is 18.2 Å². The van der Waals surface area contributed by atoms with Crippen LogP contribution in [0.3, 0.4) is 0 Å². The highest BCUT2D eigenvalue weighted by Gasteiger charge is 2.20. The Bertz CT molecular complexity index is 550. The quantitative estimate of drug-likeness (QED) is 0.785. The van der Waals surface area contributed by atoms with E-state index in [1.807, 2.05) is 0 Å². The van der Waals surface area contributed by atoms with E-state index < -0.39 is 15.9 Å². The van der Waals surface area contributed by atoms with Crippen molar-refractivity contribution in [3.05, 3.63) is 29.6 Å². The normalized spacial score (nSPS) is 19.8. The van der Waals surface area contributed by atoms with Gasteiger partial charge < -0.3 is 8.92 Å². The highest BCUT2D eigenvalue weighted by molar-refractivity contribution is 7.87. The molecule has 20 heavy (non-hydrogen) atoms. The van der Waals surface area contributed by atoms with Crippen LogP contribution in [-0.2, 0) is 14.9 Å². The van der Waals surface area contributed by atoms with Gasteiger partial charge in [0.1, 0.15) is 0 Å². The summed E-state index contributed by atoms with van der Waals surface area (Å²) in [4.78, 5) is 0. The molecule has 1 unspecified atom stereocenters. The fourth-order valence-corrected chi connectivity index (χ4v) is 3.31. The first-order valence-corrected chi connectivity index (χ1v) is 8.30. The van der Waals surface area contributed by atoms with E-state index in [0.29, 0.717) is 13.0 Å². The molecule has 0 saturated carbocycles. The highest BCUT2D eigenvalue weighted by Crippen LogP contribution is 2.22. The molecule has 0 bridgehead atoms. The van der Waals surface area contributed by atoms with Gasteiger partial charge in [-0.05, 0) is 49.8 Å². The van der Waals surface area contributed by atoms with Gasteiger partial charge in [-0.1, -0.05) is 6.07 Å². The fourth-order valence-electron chi connectivity index (χ4n) is 2.20. The van der Waals surface area contributed by atoms with Crippen molar-refractivity contribution in [2.24, 2.45) is 5.92 Å². The lowest BCUT2D eigenvalue weighted by Gasteiger charge is -2.21. The Morgan fingerprint density at radius 1 is 1.45 bits per heavy atom. The van der Waals surface area contributed by atoms with E-state index in [4.69, 9.17) is 8.92 Å². The van der Waals surface area contributed by atoms with Crippen molar-refractivity contribution in [2.75, 3.05) is 19.0 Å². The molecule has 112 valence electrons. The van der Waals surface area contributed by atoms with Crippen molar-refractivity contribution in [1.29, 1.82) is 0 Å². The zero-order valence-corrected chi connectivity index (χ0v) is 12.3. The molecule has 1 saturated heterocycles. The summed E-state index contributed by atoms with van der Waals surface area (Å²) in [6.07, 6.45) is 2.40. The van der Waals surface area contributed by atoms with Crippen molar-refractivity contribution in [3.63, 3.8) is 0 Å². The summed E-state index contributed by atoms with van der Waals surface area (Å²) in [6, 6.07) is 4.15. The van der Waals surface area contributed by atoms with Crippen LogP contribution in [0, 0.1) is 18.7 Å². The molecule has 0 spiro atoms. The van der Waals surface area contributed by atoms with E-state index in [0.717, 1.165) is 25.0 Å². The fraction of sp³-hybridized carbons (Fsp3) is 0.571. The van der Waals surface area contributed by atoms with Crippen LogP contribution in [-0.4, -0.2) is 27.4 Å². The Kier molecular flexibility index (Phi) is 4.99. The van der Waals surface area contributed by atoms with Gasteiger partial charge in [-0.2, -0.15) is 8.42 Å². The molecular weight excluding hydrogens is 283 g/mol. The lowest BCUT2D eigenvalue weighted by Crippen LogP contribution is -2.22. The zero-order chi connectivity index (χ0) is 14.6. The second kappa shape index (κ2) is 6.54. The number of ether oxygens (including phenoxy) is 1. The molecule has 0 aromatic heterocycles. The van der Waals surface area contributed by atoms with Gasteiger partial charge in [-0.15, -0.1) is 0 Å². The Morgan fingerprint density at radius 2 is 2.25 bits per heavy atom. The minimum Gasteiger partial charge on any atom is -0.381 e. The van der Waals surface area contributed by atoms with Crippen LogP contribution >= 0.6 is 0 Å². The molecule has 1 aromatic rings. The van der Waals surface area contributed by atoms with Crippen LogP contribution in [0.5, 0.6) is 5.75 Å². The maximum absolute atomic E-state index is 13.5. The first kappa shape index (κ1) is 15.3. The number of hydrogen-bond acceptors (Lipinski definition) is 4. The minimum atomic E-state index is -3.77. The van der Waals surface area contributed by atoms with Gasteiger partial charge in [-0.3, -0.25) is 0 Å². The van der Waals surface area contributed by atoms with E-state index in [1.54, 1.807) is 13.0 Å². The van der Waals surface area contributed by atoms with E-state index in [2.05, 4.69) is 0 Å². The zero-order valence-electron chi connectivity index (χ0n) is 11.5. The summed E-state index contributed by atoms with van der Waals surface area (Å²) in [5.74, 6) is -0.774. The van der Waals surface area contributed by atoms with Crippen LogP contribution < -0.4 is 4.18 Å². The maximum Gasteiger partial charge on any atom is 0.309 e. The molecule has 1 aliphatic heterocycles. The molecule has 1 atom stereocenters. The van der Waals surface area contributed by atoms with E-state index >= 15 is 0 Å². The first-order chi connectivity index (χ1) is 9.46. The van der Waals surface area contributed by atoms with Crippen molar-refractivity contribution >= 4 is 10.1 Å². The summed E-state index contributed by atoms with van der Waals surface area (Å²) in [5, 5.41) is 0. The molecule has 4 nitrogen and oxygen atoms in total. The third-order valence-corrected chi connectivity index (χ3v) is 4.50. The molecule has 0 radical (unpaired) electrons. The molecule has 1 fully saturated rings. The van der Waals surface area contributed by atoms with Crippen LogP contribution in [0.2, 0.25) is 0 Å². The van der Waals surface area contributed by atoms with Gasteiger partial charge >= 0.3 is 10.1 Å². The molecule has 0 amide bonds. The Morgan fingerprint density at radius 3 is 2.95 bits per heavy atom. The van der Waals surface area contributed by atoms with Crippen molar-refractivity contribution in [2.45, 2.75) is 26.2 Å². The molecule has 1 heterocycles. The van der Waals surface area contributed by atoms with Gasteiger partial charge in [0.05, 0.1) is 5.75 Å². The largest absolute Gasteiger partial charge is 0.381 e. The van der Waals surface area contributed by atoms with E-state index in [1.165, 1.54) is 12.1 Å². The number of benzene rings is 1. The first-order valence-electron chi connectivity index (χ1n) is 6.72. The van der Waals surface area contributed by atoms with Gasteiger partial charge in [-0.25, -0.2) is 4.39 Å². The number of rotatable bonds is 5. The van der Waals surface area contributed by atoms with Crippen LogP contribution in [0.25, 0.3) is 0 Å². The van der Waals surface area contributed by atoms with Crippen LogP contribution in [0.1, 0.15) is 24.8 Å². The van der Waals surface area contributed by atoms with E-state index in [9.17, 15) is 12.8 Å².